The summed E-state index contributed by atoms with van der Waals surface area (Å²) in [6.45, 7) is 9.05. The number of rotatable bonds is 6. The van der Waals surface area contributed by atoms with Crippen molar-refractivity contribution in [1.29, 1.82) is 0 Å². The third kappa shape index (κ3) is 6.34. The summed E-state index contributed by atoms with van der Waals surface area (Å²) in [7, 11) is 4.88. The molecule has 2 heterocycles. The number of nitrogens with one attached hydrogen (secondary N) is 1. The summed E-state index contributed by atoms with van der Waals surface area (Å²) < 4.78 is 6.43. The smallest absolute Gasteiger partial charge is 0.323 e. The number of hydrogen-bond acceptors (Lipinski definition) is 7. The zero-order valence-corrected chi connectivity index (χ0v) is 22.3. The van der Waals surface area contributed by atoms with Gasteiger partial charge in [0.25, 0.3) is 5.91 Å². The highest BCUT2D eigenvalue weighted by atomic mass is 32.2. The SMILES string of the molecule is C=CC(=O)N1CCCN(C(=O)c2cc(Sc3cnc(NC(=O)N(C)C)s3)c(C)cc2OC)CC1C. The fourth-order valence-corrected chi connectivity index (χ4v) is 5.68. The monoisotopic (exact) mass is 517 g/mol. The van der Waals surface area contributed by atoms with Crippen molar-refractivity contribution >= 4 is 46.1 Å². The van der Waals surface area contributed by atoms with Gasteiger partial charge in [0.15, 0.2) is 5.13 Å². The number of ether oxygens (including phenoxy) is 1. The predicted molar refractivity (Wildman–Crippen MR) is 139 cm³/mol. The van der Waals surface area contributed by atoms with Gasteiger partial charge in [0.05, 0.1) is 23.1 Å². The Morgan fingerprint density at radius 1 is 1.31 bits per heavy atom. The van der Waals surface area contributed by atoms with E-state index in [4.69, 9.17) is 4.74 Å². The van der Waals surface area contributed by atoms with Gasteiger partial charge in [0, 0.05) is 44.7 Å². The zero-order valence-electron chi connectivity index (χ0n) is 20.7. The topological polar surface area (TPSA) is 95.1 Å². The molecule has 1 saturated heterocycles. The van der Waals surface area contributed by atoms with Gasteiger partial charge < -0.3 is 19.4 Å². The van der Waals surface area contributed by atoms with E-state index in [1.807, 2.05) is 26.0 Å². The van der Waals surface area contributed by atoms with Crippen LogP contribution in [0.1, 0.15) is 29.3 Å². The Balaban J connectivity index is 1.82. The summed E-state index contributed by atoms with van der Waals surface area (Å²) in [5.74, 6) is 0.256. The van der Waals surface area contributed by atoms with Gasteiger partial charge in [-0.05, 0) is 44.0 Å². The van der Waals surface area contributed by atoms with Crippen molar-refractivity contribution < 1.29 is 19.1 Å². The molecule has 1 aliphatic heterocycles. The van der Waals surface area contributed by atoms with E-state index >= 15 is 0 Å². The highest BCUT2D eigenvalue weighted by Crippen LogP contribution is 2.38. The van der Waals surface area contributed by atoms with Crippen molar-refractivity contribution in [3.63, 3.8) is 0 Å². The Hall–Kier alpha value is -3.05. The molecule has 3 rings (SSSR count). The molecule has 0 radical (unpaired) electrons. The molecule has 1 fully saturated rings. The minimum atomic E-state index is -0.246. The van der Waals surface area contributed by atoms with Gasteiger partial charge in [0.1, 0.15) is 5.75 Å². The van der Waals surface area contributed by atoms with Crippen molar-refractivity contribution in [3.05, 3.63) is 42.1 Å². The lowest BCUT2D eigenvalue weighted by Gasteiger charge is -2.28. The van der Waals surface area contributed by atoms with Crippen LogP contribution in [-0.4, -0.2) is 84.4 Å². The number of hydrogen-bond donors (Lipinski definition) is 1. The Bertz CT molecular complexity index is 1120. The number of methoxy groups -OCH3 is 1. The van der Waals surface area contributed by atoms with Crippen molar-refractivity contribution in [3.8, 4) is 5.75 Å². The minimum Gasteiger partial charge on any atom is -0.496 e. The maximum atomic E-state index is 13.6. The van der Waals surface area contributed by atoms with E-state index in [9.17, 15) is 14.4 Å². The second kappa shape index (κ2) is 11.6. The first-order valence-corrected chi connectivity index (χ1v) is 12.8. The normalized spacial score (nSPS) is 15.9. The van der Waals surface area contributed by atoms with Crippen LogP contribution in [0.4, 0.5) is 9.93 Å². The number of nitrogens with zero attached hydrogens (tertiary/aromatic N) is 4. The number of urea groups is 1. The summed E-state index contributed by atoms with van der Waals surface area (Å²) in [6.07, 6.45) is 3.71. The molecule has 0 aliphatic carbocycles. The molecule has 188 valence electrons. The number of anilines is 1. The molecule has 9 nitrogen and oxygen atoms in total. The zero-order chi connectivity index (χ0) is 25.7. The fourth-order valence-electron chi connectivity index (χ4n) is 3.74. The van der Waals surface area contributed by atoms with Gasteiger partial charge in [-0.2, -0.15) is 0 Å². The van der Waals surface area contributed by atoms with Crippen molar-refractivity contribution in [2.75, 3.05) is 46.2 Å². The van der Waals surface area contributed by atoms with Crippen molar-refractivity contribution in [2.45, 2.75) is 35.4 Å². The fraction of sp³-hybridized carbons (Fsp3) is 0.417. The Morgan fingerprint density at radius 3 is 2.71 bits per heavy atom. The second-order valence-corrected chi connectivity index (χ2v) is 10.8. The molecular formula is C24H31N5O4S2. The van der Waals surface area contributed by atoms with Crippen LogP contribution in [0, 0.1) is 6.92 Å². The number of carbonyl (C=O) groups is 3. The lowest BCUT2D eigenvalue weighted by Crippen LogP contribution is -2.43. The van der Waals surface area contributed by atoms with Crippen LogP contribution in [-0.2, 0) is 4.79 Å². The predicted octanol–water partition coefficient (Wildman–Crippen LogP) is 3.95. The van der Waals surface area contributed by atoms with Crippen LogP contribution in [0.3, 0.4) is 0 Å². The molecule has 4 amide bonds. The molecule has 35 heavy (non-hydrogen) atoms. The van der Waals surface area contributed by atoms with Crippen molar-refractivity contribution in [1.82, 2.24) is 19.7 Å². The molecule has 1 aromatic heterocycles. The lowest BCUT2D eigenvalue weighted by atomic mass is 10.1. The van der Waals surface area contributed by atoms with Gasteiger partial charge >= 0.3 is 6.03 Å². The largest absolute Gasteiger partial charge is 0.496 e. The quantitative estimate of drug-likeness (QED) is 0.583. The van der Waals surface area contributed by atoms with Crippen LogP contribution in [0.15, 0.2) is 40.1 Å². The number of amides is 4. The standard InChI is InChI=1S/C24H31N5O4S2/c1-7-20(30)29-10-8-9-28(14-16(29)3)22(31)17-12-19(15(2)11-18(17)33-6)34-21-13-25-23(35-21)26-24(32)27(4)5/h7,11-13,16H,1,8-10,14H2,2-6H3,(H,25,26,32). The molecule has 1 atom stereocenters. The first-order valence-electron chi connectivity index (χ1n) is 11.2. The summed E-state index contributed by atoms with van der Waals surface area (Å²) in [5.41, 5.74) is 1.43. The molecule has 1 unspecified atom stereocenters. The molecule has 0 spiro atoms. The molecule has 0 bridgehead atoms. The highest BCUT2D eigenvalue weighted by molar-refractivity contribution is 8.01. The minimum absolute atomic E-state index is 0.120. The van der Waals surface area contributed by atoms with E-state index in [0.29, 0.717) is 42.5 Å². The third-order valence-electron chi connectivity index (χ3n) is 5.63. The number of aromatic nitrogens is 1. The van der Waals surface area contributed by atoms with E-state index < -0.39 is 0 Å². The van der Waals surface area contributed by atoms with E-state index in [2.05, 4.69) is 16.9 Å². The van der Waals surface area contributed by atoms with Crippen LogP contribution in [0.25, 0.3) is 0 Å². The average molecular weight is 518 g/mol. The molecular weight excluding hydrogens is 486 g/mol. The molecule has 0 saturated carbocycles. The van der Waals surface area contributed by atoms with E-state index in [1.54, 1.807) is 37.2 Å². The number of thiazole rings is 1. The molecule has 2 aromatic rings. The summed E-state index contributed by atoms with van der Waals surface area (Å²) in [4.78, 5) is 47.8. The van der Waals surface area contributed by atoms with Gasteiger partial charge in [0.2, 0.25) is 5.91 Å². The number of aryl methyl sites for hydroxylation is 1. The van der Waals surface area contributed by atoms with E-state index in [0.717, 1.165) is 14.7 Å². The summed E-state index contributed by atoms with van der Waals surface area (Å²) in [6, 6.07) is 3.34. The van der Waals surface area contributed by atoms with Crippen molar-refractivity contribution in [2.24, 2.45) is 0 Å². The molecule has 1 N–H and O–H groups in total. The molecule has 11 heteroatoms. The van der Waals surface area contributed by atoms with Crippen LogP contribution in [0.2, 0.25) is 0 Å². The second-order valence-electron chi connectivity index (χ2n) is 8.42. The van der Waals surface area contributed by atoms with Gasteiger partial charge in [-0.3, -0.25) is 14.9 Å². The third-order valence-corrected chi connectivity index (χ3v) is 7.80. The van der Waals surface area contributed by atoms with Crippen LogP contribution >= 0.6 is 23.1 Å². The summed E-state index contributed by atoms with van der Waals surface area (Å²) >= 11 is 2.84. The number of benzene rings is 1. The maximum Gasteiger partial charge on any atom is 0.323 e. The maximum absolute atomic E-state index is 13.6. The van der Waals surface area contributed by atoms with Gasteiger partial charge in [-0.15, -0.1) is 0 Å². The number of carbonyl (C=O) groups excluding carboxylic acids is 3. The molecule has 1 aromatic carbocycles. The highest BCUT2D eigenvalue weighted by Gasteiger charge is 2.29. The Morgan fingerprint density at radius 2 is 2.06 bits per heavy atom. The van der Waals surface area contributed by atoms with Crippen LogP contribution in [0.5, 0.6) is 5.75 Å². The average Bonchev–Trinajstić information content (AvgIpc) is 3.17. The van der Waals surface area contributed by atoms with Crippen LogP contribution < -0.4 is 10.1 Å². The van der Waals surface area contributed by atoms with Gasteiger partial charge in [-0.25, -0.2) is 9.78 Å². The van der Waals surface area contributed by atoms with E-state index in [1.165, 1.54) is 34.1 Å². The van der Waals surface area contributed by atoms with E-state index in [-0.39, 0.29) is 23.9 Å². The molecule has 1 aliphatic rings. The van der Waals surface area contributed by atoms with Gasteiger partial charge in [-0.1, -0.05) is 29.7 Å². The lowest BCUT2D eigenvalue weighted by molar-refractivity contribution is -0.127. The first kappa shape index (κ1) is 26.6. The first-order chi connectivity index (χ1) is 16.6. The Labute approximate surface area is 214 Å². The Kier molecular flexibility index (Phi) is 8.79. The summed E-state index contributed by atoms with van der Waals surface area (Å²) in [5, 5.41) is 3.25.